The minimum atomic E-state index is 0.671. The molecule has 8 heavy (non-hydrogen) atoms. The van der Waals surface area contributed by atoms with E-state index >= 15 is 0 Å². The summed E-state index contributed by atoms with van der Waals surface area (Å²) in [5.41, 5.74) is 5.25. The van der Waals surface area contributed by atoms with Crippen molar-refractivity contribution in [2.75, 3.05) is 19.8 Å². The lowest BCUT2D eigenvalue weighted by atomic mass is 10.1. The Morgan fingerprint density at radius 2 is 2.00 bits per heavy atom. The molecule has 0 radical (unpaired) electrons. The molecule has 0 spiro atoms. The number of ether oxygens (including phenoxy) is 1. The highest BCUT2D eigenvalue weighted by Crippen LogP contribution is 2.05. The van der Waals surface area contributed by atoms with Crippen LogP contribution < -0.4 is 5.73 Å². The van der Waals surface area contributed by atoms with Gasteiger partial charge in [0.1, 0.15) is 0 Å². The van der Waals surface area contributed by atoms with E-state index in [4.69, 9.17) is 10.5 Å². The second-order valence-electron chi connectivity index (χ2n) is 1.64. The van der Waals surface area contributed by atoms with E-state index in [0.717, 1.165) is 19.8 Å². The Labute approximate surface area is 51.0 Å². The summed E-state index contributed by atoms with van der Waals surface area (Å²) in [5, 5.41) is 0. The zero-order valence-corrected chi connectivity index (χ0v) is 5.68. The van der Waals surface area contributed by atoms with Gasteiger partial charge in [0.2, 0.25) is 0 Å². The predicted octanol–water partition coefficient (Wildman–Crippen LogP) is 0.618. The monoisotopic (exact) mass is 117 g/mol. The average Bonchev–Trinajstić information content (AvgIpc) is 1.69. The molecule has 0 aliphatic carbocycles. The highest BCUT2D eigenvalue weighted by molar-refractivity contribution is 4.64. The predicted molar refractivity (Wildman–Crippen MR) is 34.7 cm³/mol. The Morgan fingerprint density at radius 1 is 1.50 bits per heavy atom. The summed E-state index contributed by atoms with van der Waals surface area (Å²) in [6.07, 6.45) is 0. The van der Waals surface area contributed by atoms with Crippen molar-refractivity contribution in [1.29, 1.82) is 0 Å². The van der Waals surface area contributed by atoms with Crippen molar-refractivity contribution in [3.63, 3.8) is 0 Å². The normalized spacial score (nSPS) is 18.4. The van der Waals surface area contributed by atoms with E-state index in [1.165, 1.54) is 0 Å². The minimum absolute atomic E-state index is 0.671. The maximum absolute atomic E-state index is 5.25. The molecule has 0 bridgehead atoms. The molecule has 0 amide bonds. The van der Waals surface area contributed by atoms with Gasteiger partial charge in [-0.25, -0.2) is 0 Å². The molecule has 2 N–H and O–H groups in total. The molecule has 0 saturated carbocycles. The first-order chi connectivity index (χ1) is 3.93. The van der Waals surface area contributed by atoms with Crippen molar-refractivity contribution < 1.29 is 4.74 Å². The largest absolute Gasteiger partial charge is 0.381 e. The summed E-state index contributed by atoms with van der Waals surface area (Å²) in [4.78, 5) is 0. The van der Waals surface area contributed by atoms with E-state index < -0.39 is 0 Å². The van der Waals surface area contributed by atoms with Gasteiger partial charge in [0.25, 0.3) is 0 Å². The first kappa shape index (κ1) is 7.92. The summed E-state index contributed by atoms with van der Waals surface area (Å²) in [7, 11) is 0. The average molecular weight is 117 g/mol. The van der Waals surface area contributed by atoms with Crippen molar-refractivity contribution in [1.82, 2.24) is 0 Å². The highest BCUT2D eigenvalue weighted by atomic mass is 16.5. The third kappa shape index (κ3) is 2.28. The number of rotatable bonds is 1. The van der Waals surface area contributed by atoms with Gasteiger partial charge in [0.05, 0.1) is 13.2 Å². The fourth-order valence-electron chi connectivity index (χ4n) is 0.421. The molecule has 2 nitrogen and oxygen atoms in total. The Bertz CT molecular complexity index is 41.0. The molecule has 2 heteroatoms. The molecule has 0 atom stereocenters. The van der Waals surface area contributed by atoms with Crippen molar-refractivity contribution >= 4 is 0 Å². The van der Waals surface area contributed by atoms with Crippen LogP contribution in [0.3, 0.4) is 0 Å². The maximum atomic E-state index is 5.25. The third-order valence-electron chi connectivity index (χ3n) is 1.04. The first-order valence-electron chi connectivity index (χ1n) is 3.21. The summed E-state index contributed by atoms with van der Waals surface area (Å²) in [6.45, 7) is 6.56. The standard InChI is InChI=1S/C4H9NO.C2H6/c5-1-4-2-6-3-4;1-2/h4H,1-3,5H2;1-2H3. The van der Waals surface area contributed by atoms with Crippen LogP contribution in [-0.4, -0.2) is 19.8 Å². The summed E-state index contributed by atoms with van der Waals surface area (Å²) < 4.78 is 4.85. The van der Waals surface area contributed by atoms with E-state index in [1.807, 2.05) is 13.8 Å². The van der Waals surface area contributed by atoms with Crippen LogP contribution in [0.2, 0.25) is 0 Å². The van der Waals surface area contributed by atoms with Crippen LogP contribution in [0.15, 0.2) is 0 Å². The number of hydrogen-bond donors (Lipinski definition) is 1. The number of nitrogens with two attached hydrogens (primary N) is 1. The molecule has 0 unspecified atom stereocenters. The van der Waals surface area contributed by atoms with Crippen LogP contribution in [-0.2, 0) is 4.74 Å². The van der Waals surface area contributed by atoms with Crippen LogP contribution >= 0.6 is 0 Å². The lowest BCUT2D eigenvalue weighted by Gasteiger charge is -2.23. The van der Waals surface area contributed by atoms with E-state index in [1.54, 1.807) is 0 Å². The van der Waals surface area contributed by atoms with Crippen molar-refractivity contribution in [2.45, 2.75) is 13.8 Å². The van der Waals surface area contributed by atoms with E-state index in [9.17, 15) is 0 Å². The van der Waals surface area contributed by atoms with E-state index in [-0.39, 0.29) is 0 Å². The van der Waals surface area contributed by atoms with Gasteiger partial charge in [-0.05, 0) is 6.54 Å². The topological polar surface area (TPSA) is 35.2 Å². The SMILES string of the molecule is CC.NCC1COC1. The second kappa shape index (κ2) is 5.06. The summed E-state index contributed by atoms with van der Waals surface area (Å²) in [6, 6.07) is 0. The molecule has 1 fully saturated rings. The van der Waals surface area contributed by atoms with Crippen LogP contribution in [0.4, 0.5) is 0 Å². The van der Waals surface area contributed by atoms with Gasteiger partial charge in [0, 0.05) is 5.92 Å². The van der Waals surface area contributed by atoms with Gasteiger partial charge >= 0.3 is 0 Å². The highest BCUT2D eigenvalue weighted by Gasteiger charge is 2.14. The van der Waals surface area contributed by atoms with Crippen molar-refractivity contribution in [3.8, 4) is 0 Å². The zero-order chi connectivity index (χ0) is 6.41. The van der Waals surface area contributed by atoms with Gasteiger partial charge in [-0.15, -0.1) is 0 Å². The third-order valence-corrected chi connectivity index (χ3v) is 1.04. The fourth-order valence-corrected chi connectivity index (χ4v) is 0.421. The first-order valence-corrected chi connectivity index (χ1v) is 3.21. The van der Waals surface area contributed by atoms with Crippen LogP contribution in [0.25, 0.3) is 0 Å². The minimum Gasteiger partial charge on any atom is -0.381 e. The maximum Gasteiger partial charge on any atom is 0.0528 e. The molecule has 1 heterocycles. The lowest BCUT2D eigenvalue weighted by Crippen LogP contribution is -2.33. The quantitative estimate of drug-likeness (QED) is 0.546. The molecule has 1 aliphatic heterocycles. The van der Waals surface area contributed by atoms with Gasteiger partial charge < -0.3 is 10.5 Å². The molecule has 0 aromatic heterocycles. The van der Waals surface area contributed by atoms with Gasteiger partial charge in [0.15, 0.2) is 0 Å². The second-order valence-corrected chi connectivity index (χ2v) is 1.64. The van der Waals surface area contributed by atoms with Gasteiger partial charge in [-0.2, -0.15) is 0 Å². The van der Waals surface area contributed by atoms with Gasteiger partial charge in [-0.1, -0.05) is 13.8 Å². The molecule has 1 aliphatic rings. The molecule has 0 aromatic rings. The van der Waals surface area contributed by atoms with Crippen molar-refractivity contribution in [2.24, 2.45) is 11.7 Å². The Balaban J connectivity index is 0.000000222. The summed E-state index contributed by atoms with van der Waals surface area (Å²) >= 11 is 0. The van der Waals surface area contributed by atoms with E-state index in [0.29, 0.717) is 5.92 Å². The molecular weight excluding hydrogens is 102 g/mol. The summed E-state index contributed by atoms with van der Waals surface area (Å²) in [5.74, 6) is 0.671. The molecule has 50 valence electrons. The van der Waals surface area contributed by atoms with Crippen LogP contribution in [0, 0.1) is 5.92 Å². The smallest absolute Gasteiger partial charge is 0.0528 e. The van der Waals surface area contributed by atoms with Crippen LogP contribution in [0.5, 0.6) is 0 Å². The van der Waals surface area contributed by atoms with Crippen molar-refractivity contribution in [3.05, 3.63) is 0 Å². The molecule has 1 rings (SSSR count). The molecular formula is C6H15NO. The molecule has 0 aromatic carbocycles. The number of hydrogen-bond acceptors (Lipinski definition) is 2. The molecule has 1 saturated heterocycles. The Hall–Kier alpha value is -0.0800. The van der Waals surface area contributed by atoms with E-state index in [2.05, 4.69) is 0 Å². The fraction of sp³-hybridized carbons (Fsp3) is 1.00. The Kier molecular flexibility index (Phi) is 5.01. The lowest BCUT2D eigenvalue weighted by molar-refractivity contribution is -0.0268. The van der Waals surface area contributed by atoms with Gasteiger partial charge in [-0.3, -0.25) is 0 Å². The zero-order valence-electron chi connectivity index (χ0n) is 5.68. The van der Waals surface area contributed by atoms with Crippen LogP contribution in [0.1, 0.15) is 13.8 Å². The Morgan fingerprint density at radius 3 is 2.00 bits per heavy atom.